The van der Waals surface area contributed by atoms with Crippen molar-refractivity contribution in [2.45, 2.75) is 0 Å². The third-order valence-electron chi connectivity index (χ3n) is 2.55. The molecule has 0 aliphatic heterocycles. The van der Waals surface area contributed by atoms with Crippen LogP contribution in [0.2, 0.25) is 0 Å². The Kier molecular flexibility index (Phi) is 2.29. The van der Waals surface area contributed by atoms with Gasteiger partial charge in [-0.3, -0.25) is 4.98 Å². The second-order valence-electron chi connectivity index (χ2n) is 3.72. The van der Waals surface area contributed by atoms with Gasteiger partial charge in [0.05, 0.1) is 22.8 Å². The number of pyridine rings is 1. The molecule has 3 nitrogen and oxygen atoms in total. The van der Waals surface area contributed by atoms with Gasteiger partial charge >= 0.3 is 0 Å². The number of rotatable bonds is 1. The Bertz CT molecular complexity index is 698. The lowest BCUT2D eigenvalue weighted by Gasteiger charge is -1.96. The zero-order chi connectivity index (χ0) is 12.7. The molecule has 0 aliphatic rings. The van der Waals surface area contributed by atoms with Gasteiger partial charge in [-0.1, -0.05) is 0 Å². The van der Waals surface area contributed by atoms with Gasteiger partial charge in [-0.25, -0.2) is 18.2 Å². The van der Waals surface area contributed by atoms with E-state index in [1.807, 2.05) is 0 Å². The van der Waals surface area contributed by atoms with Gasteiger partial charge in [0, 0.05) is 18.3 Å². The van der Waals surface area contributed by atoms with Crippen LogP contribution in [0.1, 0.15) is 0 Å². The lowest BCUT2D eigenvalue weighted by atomic mass is 10.2. The van der Waals surface area contributed by atoms with E-state index in [0.29, 0.717) is 5.52 Å². The molecule has 0 amide bonds. The van der Waals surface area contributed by atoms with E-state index in [0.717, 1.165) is 18.3 Å². The van der Waals surface area contributed by atoms with Crippen LogP contribution in [0.3, 0.4) is 0 Å². The SMILES string of the molecule is Fc1cc2nc(-c3ccncc3F)[nH]c2cc1F. The molecule has 0 atom stereocenters. The van der Waals surface area contributed by atoms with Crippen molar-refractivity contribution < 1.29 is 13.2 Å². The maximum atomic E-state index is 13.5. The number of aromatic nitrogens is 3. The first-order valence-electron chi connectivity index (χ1n) is 5.10. The van der Waals surface area contributed by atoms with E-state index in [1.165, 1.54) is 12.3 Å². The third kappa shape index (κ3) is 1.62. The molecular weight excluding hydrogens is 243 g/mol. The molecule has 6 heteroatoms. The van der Waals surface area contributed by atoms with Crippen LogP contribution < -0.4 is 0 Å². The highest BCUT2D eigenvalue weighted by atomic mass is 19.2. The highest BCUT2D eigenvalue weighted by molar-refractivity contribution is 5.79. The standard InChI is InChI=1S/C12H6F3N3/c13-7-3-10-11(4-8(7)14)18-12(17-10)6-1-2-16-5-9(6)15/h1-5H,(H,17,18). The van der Waals surface area contributed by atoms with Crippen molar-refractivity contribution in [2.24, 2.45) is 0 Å². The van der Waals surface area contributed by atoms with E-state index in [1.54, 1.807) is 0 Å². The lowest BCUT2D eigenvalue weighted by molar-refractivity contribution is 0.510. The van der Waals surface area contributed by atoms with Crippen molar-refractivity contribution in [3.8, 4) is 11.4 Å². The molecule has 1 aromatic carbocycles. The van der Waals surface area contributed by atoms with Gasteiger partial charge in [0.1, 0.15) is 5.82 Å². The molecule has 18 heavy (non-hydrogen) atoms. The van der Waals surface area contributed by atoms with Crippen LogP contribution >= 0.6 is 0 Å². The van der Waals surface area contributed by atoms with E-state index in [9.17, 15) is 13.2 Å². The van der Waals surface area contributed by atoms with Crippen LogP contribution in [-0.4, -0.2) is 15.0 Å². The number of H-pyrrole nitrogens is 1. The quantitative estimate of drug-likeness (QED) is 0.720. The summed E-state index contributed by atoms with van der Waals surface area (Å²) >= 11 is 0. The lowest BCUT2D eigenvalue weighted by Crippen LogP contribution is -1.86. The van der Waals surface area contributed by atoms with Crippen molar-refractivity contribution in [2.75, 3.05) is 0 Å². The smallest absolute Gasteiger partial charge is 0.161 e. The van der Waals surface area contributed by atoms with Gasteiger partial charge < -0.3 is 4.98 Å². The first-order valence-corrected chi connectivity index (χ1v) is 5.10. The Morgan fingerprint density at radius 1 is 1.00 bits per heavy atom. The Morgan fingerprint density at radius 2 is 1.78 bits per heavy atom. The fourth-order valence-corrected chi connectivity index (χ4v) is 1.70. The molecule has 0 bridgehead atoms. The zero-order valence-corrected chi connectivity index (χ0v) is 8.92. The van der Waals surface area contributed by atoms with Gasteiger partial charge in [-0.05, 0) is 6.07 Å². The number of nitrogens with one attached hydrogen (secondary N) is 1. The molecule has 2 heterocycles. The van der Waals surface area contributed by atoms with Crippen LogP contribution in [0.4, 0.5) is 13.2 Å². The molecule has 0 aliphatic carbocycles. The van der Waals surface area contributed by atoms with Crippen molar-refractivity contribution in [3.05, 3.63) is 48.0 Å². The minimum absolute atomic E-state index is 0.196. The highest BCUT2D eigenvalue weighted by Gasteiger charge is 2.12. The van der Waals surface area contributed by atoms with Gasteiger partial charge in [0.15, 0.2) is 17.5 Å². The average molecular weight is 249 g/mol. The Hall–Kier alpha value is -2.37. The van der Waals surface area contributed by atoms with Crippen molar-refractivity contribution in [1.29, 1.82) is 0 Å². The van der Waals surface area contributed by atoms with Crippen LogP contribution in [0.15, 0.2) is 30.6 Å². The molecule has 0 saturated carbocycles. The predicted molar refractivity (Wildman–Crippen MR) is 59.2 cm³/mol. The summed E-state index contributed by atoms with van der Waals surface area (Å²) in [6, 6.07) is 3.38. The molecule has 0 spiro atoms. The number of hydrogen-bond acceptors (Lipinski definition) is 2. The van der Waals surface area contributed by atoms with E-state index in [2.05, 4.69) is 15.0 Å². The van der Waals surface area contributed by atoms with E-state index >= 15 is 0 Å². The fourth-order valence-electron chi connectivity index (χ4n) is 1.70. The van der Waals surface area contributed by atoms with Gasteiger partial charge in [-0.2, -0.15) is 0 Å². The monoisotopic (exact) mass is 249 g/mol. The molecule has 3 aromatic rings. The topological polar surface area (TPSA) is 41.6 Å². The molecular formula is C12H6F3N3. The number of halogens is 3. The maximum Gasteiger partial charge on any atom is 0.161 e. The summed E-state index contributed by atoms with van der Waals surface area (Å²) in [7, 11) is 0. The average Bonchev–Trinajstić information content (AvgIpc) is 2.73. The molecule has 3 rings (SSSR count). The maximum absolute atomic E-state index is 13.5. The van der Waals surface area contributed by atoms with Crippen LogP contribution in [0.5, 0.6) is 0 Å². The van der Waals surface area contributed by atoms with Crippen molar-refractivity contribution in [1.82, 2.24) is 15.0 Å². The Morgan fingerprint density at radius 3 is 2.56 bits per heavy atom. The number of hydrogen-bond donors (Lipinski definition) is 1. The zero-order valence-electron chi connectivity index (χ0n) is 8.92. The molecule has 0 radical (unpaired) electrons. The summed E-state index contributed by atoms with van der Waals surface area (Å²) in [5, 5.41) is 0. The van der Waals surface area contributed by atoms with Gasteiger partial charge in [0.2, 0.25) is 0 Å². The van der Waals surface area contributed by atoms with Gasteiger partial charge in [-0.15, -0.1) is 0 Å². The summed E-state index contributed by atoms with van der Waals surface area (Å²) in [5.74, 6) is -2.32. The molecule has 0 fully saturated rings. The Balaban J connectivity index is 2.23. The predicted octanol–water partition coefficient (Wildman–Crippen LogP) is 3.04. The van der Waals surface area contributed by atoms with Gasteiger partial charge in [0.25, 0.3) is 0 Å². The van der Waals surface area contributed by atoms with Crippen molar-refractivity contribution >= 4 is 11.0 Å². The number of nitrogens with zero attached hydrogens (tertiary/aromatic N) is 2. The van der Waals surface area contributed by atoms with Crippen LogP contribution in [0, 0.1) is 17.5 Å². The minimum Gasteiger partial charge on any atom is -0.338 e. The summed E-state index contributed by atoms with van der Waals surface area (Å²) in [4.78, 5) is 10.4. The minimum atomic E-state index is -0.990. The molecule has 0 saturated heterocycles. The number of benzene rings is 1. The van der Waals surface area contributed by atoms with Crippen molar-refractivity contribution in [3.63, 3.8) is 0 Å². The largest absolute Gasteiger partial charge is 0.338 e. The molecule has 2 aromatic heterocycles. The molecule has 90 valence electrons. The summed E-state index contributed by atoms with van der Waals surface area (Å²) in [6.45, 7) is 0. The summed E-state index contributed by atoms with van der Waals surface area (Å²) < 4.78 is 39.6. The van der Waals surface area contributed by atoms with Crippen LogP contribution in [0.25, 0.3) is 22.4 Å². The number of imidazole rings is 1. The highest BCUT2D eigenvalue weighted by Crippen LogP contribution is 2.23. The fraction of sp³-hybridized carbons (Fsp3) is 0. The van der Waals surface area contributed by atoms with E-state index in [4.69, 9.17) is 0 Å². The van der Waals surface area contributed by atoms with E-state index in [-0.39, 0.29) is 16.9 Å². The van der Waals surface area contributed by atoms with Crippen LogP contribution in [-0.2, 0) is 0 Å². The Labute approximate surface area is 99.3 Å². The third-order valence-corrected chi connectivity index (χ3v) is 2.55. The number of fused-ring (bicyclic) bond motifs is 1. The molecule has 1 N–H and O–H groups in total. The van der Waals surface area contributed by atoms with E-state index < -0.39 is 17.5 Å². The second kappa shape index (κ2) is 3.83. The summed E-state index contributed by atoms with van der Waals surface area (Å²) in [5.41, 5.74) is 0.738. The second-order valence-corrected chi connectivity index (χ2v) is 3.72. The first-order chi connectivity index (χ1) is 8.65. The normalized spacial score (nSPS) is 11.1. The molecule has 0 unspecified atom stereocenters. The summed E-state index contributed by atoms with van der Waals surface area (Å²) in [6.07, 6.45) is 2.45. The number of aromatic amines is 1. The first kappa shape index (κ1) is 10.8.